The van der Waals surface area contributed by atoms with Crippen LogP contribution in [-0.4, -0.2) is 11.6 Å². The largest absolute Gasteiger partial charge is 0.394 e. The molecule has 1 amide bonds. The van der Waals surface area contributed by atoms with Gasteiger partial charge in [-0.25, -0.2) is 0 Å². The van der Waals surface area contributed by atoms with Crippen molar-refractivity contribution in [2.75, 3.05) is 4.90 Å². The van der Waals surface area contributed by atoms with Gasteiger partial charge in [0.15, 0.2) is 0 Å². The van der Waals surface area contributed by atoms with E-state index in [2.05, 4.69) is 13.8 Å². The monoisotopic (exact) mass is 505 g/mol. The topological polar surface area (TPSA) is 58.7 Å². The summed E-state index contributed by atoms with van der Waals surface area (Å²) >= 11 is 12.7. The van der Waals surface area contributed by atoms with Crippen molar-refractivity contribution in [2.45, 2.75) is 40.3 Å². The quantitative estimate of drug-likeness (QED) is 0.359. The maximum atomic E-state index is 13.8. The van der Waals surface area contributed by atoms with Crippen LogP contribution in [0.15, 0.2) is 83.0 Å². The maximum absolute atomic E-state index is 13.8. The summed E-state index contributed by atoms with van der Waals surface area (Å²) in [5, 5.41) is 1.19. The molecule has 1 unspecified atom stereocenters. The van der Waals surface area contributed by atoms with Crippen LogP contribution in [-0.2, 0) is 11.3 Å². The summed E-state index contributed by atoms with van der Waals surface area (Å²) in [6.45, 7) is 8.62. The molecule has 3 aromatic rings. The molecule has 6 heteroatoms. The first kappa shape index (κ1) is 25.0. The van der Waals surface area contributed by atoms with E-state index >= 15 is 0 Å². The summed E-state index contributed by atoms with van der Waals surface area (Å²) in [6, 6.07) is 20.9. The second kappa shape index (κ2) is 10.3. The number of halogens is 2. The van der Waals surface area contributed by atoms with Gasteiger partial charge in [0.1, 0.15) is 5.70 Å². The zero-order valence-corrected chi connectivity index (χ0v) is 21.9. The Bertz CT molecular complexity index is 1330. The number of hydrogen-bond donors (Lipinski definition) is 1. The molecule has 1 atom stereocenters. The predicted octanol–water partition coefficient (Wildman–Crippen LogP) is 7.21. The van der Waals surface area contributed by atoms with Gasteiger partial charge in [0.25, 0.3) is 5.91 Å². The zero-order chi connectivity index (χ0) is 25.3. The van der Waals surface area contributed by atoms with Crippen LogP contribution < -0.4 is 10.6 Å². The third kappa shape index (κ3) is 5.00. The van der Waals surface area contributed by atoms with Crippen molar-refractivity contribution in [1.29, 1.82) is 0 Å². The van der Waals surface area contributed by atoms with Crippen molar-refractivity contribution in [2.24, 2.45) is 16.6 Å². The third-order valence-electron chi connectivity index (χ3n) is 6.33. The minimum absolute atomic E-state index is 0.0515. The van der Waals surface area contributed by atoms with E-state index in [4.69, 9.17) is 33.9 Å². The lowest BCUT2D eigenvalue weighted by atomic mass is 9.88. The number of nitrogens with two attached hydrogens (primary N) is 1. The normalized spacial score (nSPS) is 16.5. The van der Waals surface area contributed by atoms with Crippen LogP contribution in [0, 0.1) is 19.8 Å². The van der Waals surface area contributed by atoms with Crippen molar-refractivity contribution in [1.82, 2.24) is 0 Å². The molecule has 180 valence electrons. The highest BCUT2D eigenvalue weighted by Gasteiger charge is 2.43. The second-order valence-corrected chi connectivity index (χ2v) is 10.1. The summed E-state index contributed by atoms with van der Waals surface area (Å²) in [7, 11) is 0. The molecule has 35 heavy (non-hydrogen) atoms. The first-order valence-electron chi connectivity index (χ1n) is 11.6. The van der Waals surface area contributed by atoms with E-state index in [1.165, 1.54) is 0 Å². The highest BCUT2D eigenvalue weighted by Crippen LogP contribution is 2.44. The fourth-order valence-electron chi connectivity index (χ4n) is 4.59. The maximum Gasteiger partial charge on any atom is 0.275 e. The average Bonchev–Trinajstić information content (AvgIpc) is 3.06. The smallest absolute Gasteiger partial charge is 0.275 e. The number of aliphatic imine (C=N–C) groups is 1. The minimum atomic E-state index is -0.450. The molecule has 0 aromatic heterocycles. The predicted molar refractivity (Wildman–Crippen MR) is 146 cm³/mol. The van der Waals surface area contributed by atoms with E-state index in [1.807, 2.05) is 80.6 Å². The Labute approximate surface area is 217 Å². The highest BCUT2D eigenvalue weighted by molar-refractivity contribution is 6.31. The van der Waals surface area contributed by atoms with Gasteiger partial charge in [-0.2, -0.15) is 0 Å². The van der Waals surface area contributed by atoms with Crippen molar-refractivity contribution >= 4 is 40.5 Å². The number of carbonyl (C=O) groups is 1. The van der Waals surface area contributed by atoms with Crippen LogP contribution >= 0.6 is 23.2 Å². The fourth-order valence-corrected chi connectivity index (χ4v) is 4.98. The molecule has 0 radical (unpaired) electrons. The lowest BCUT2D eigenvalue weighted by Crippen LogP contribution is -2.33. The standard InChI is InChI=1S/C29H29Cl2N3O/c1-17(2)27(33-16-20-8-6-5-7-9-20)25-26(32)29(35)34(24-15-22(31)11-10-18(24)3)28(25)23-13-12-21(30)14-19(23)4/h5-15,17,28H,16,32H2,1-4H3. The number of aryl methyl sites for hydroxylation is 2. The lowest BCUT2D eigenvalue weighted by Gasteiger charge is -2.31. The Balaban J connectivity index is 1.92. The molecule has 1 aliphatic heterocycles. The summed E-state index contributed by atoms with van der Waals surface area (Å²) in [5.74, 6) is -0.201. The van der Waals surface area contributed by atoms with Crippen molar-refractivity contribution in [3.63, 3.8) is 0 Å². The van der Waals surface area contributed by atoms with Gasteiger partial charge in [0.05, 0.1) is 12.6 Å². The summed E-state index contributed by atoms with van der Waals surface area (Å²) in [6.07, 6.45) is 0. The molecule has 0 saturated heterocycles. The molecule has 2 N–H and O–H groups in total. The van der Waals surface area contributed by atoms with Gasteiger partial charge in [-0.1, -0.05) is 79.5 Å². The summed E-state index contributed by atoms with van der Waals surface area (Å²) < 4.78 is 0. The van der Waals surface area contributed by atoms with Gasteiger partial charge in [0.2, 0.25) is 0 Å². The Kier molecular flexibility index (Phi) is 7.34. The molecule has 1 aliphatic rings. The van der Waals surface area contributed by atoms with Crippen LogP contribution in [0.5, 0.6) is 0 Å². The number of rotatable bonds is 6. The average molecular weight is 506 g/mol. The van der Waals surface area contributed by atoms with Crippen molar-refractivity contribution in [3.8, 4) is 0 Å². The van der Waals surface area contributed by atoms with Crippen LogP contribution in [0.4, 0.5) is 5.69 Å². The molecule has 0 spiro atoms. The molecule has 0 saturated carbocycles. The van der Waals surface area contributed by atoms with Crippen LogP contribution in [0.2, 0.25) is 10.0 Å². The van der Waals surface area contributed by atoms with Gasteiger partial charge in [-0.15, -0.1) is 0 Å². The summed E-state index contributed by atoms with van der Waals surface area (Å²) in [4.78, 5) is 20.5. The molecular weight excluding hydrogens is 477 g/mol. The first-order valence-corrected chi connectivity index (χ1v) is 12.4. The third-order valence-corrected chi connectivity index (χ3v) is 6.80. The number of anilines is 1. The minimum Gasteiger partial charge on any atom is -0.394 e. The molecular formula is C29H29Cl2N3O. The number of carbonyl (C=O) groups excluding carboxylic acids is 1. The Morgan fingerprint density at radius 1 is 0.971 bits per heavy atom. The van der Waals surface area contributed by atoms with E-state index in [0.717, 1.165) is 39.2 Å². The Hall–Kier alpha value is -3.08. The number of nitrogens with zero attached hydrogens (tertiary/aromatic N) is 2. The number of hydrogen-bond acceptors (Lipinski definition) is 3. The van der Waals surface area contributed by atoms with E-state index in [9.17, 15) is 4.79 Å². The van der Waals surface area contributed by atoms with Crippen LogP contribution in [0.3, 0.4) is 0 Å². The fraction of sp³-hybridized carbons (Fsp3) is 0.241. The lowest BCUT2D eigenvalue weighted by molar-refractivity contribution is -0.114. The molecule has 4 nitrogen and oxygen atoms in total. The number of benzene rings is 3. The Morgan fingerprint density at radius 3 is 2.29 bits per heavy atom. The van der Waals surface area contributed by atoms with Gasteiger partial charge in [-0.3, -0.25) is 14.7 Å². The van der Waals surface area contributed by atoms with Gasteiger partial charge in [-0.05, 0) is 66.3 Å². The highest BCUT2D eigenvalue weighted by atomic mass is 35.5. The molecule has 0 aliphatic carbocycles. The molecule has 0 bridgehead atoms. The molecule has 1 heterocycles. The first-order chi connectivity index (χ1) is 16.7. The SMILES string of the molecule is Cc1cc(Cl)ccc1C1C(C(=NCc2ccccc2)C(C)C)=C(N)C(=O)N1c1cc(Cl)ccc1C. The molecule has 4 rings (SSSR count). The van der Waals surface area contributed by atoms with E-state index in [-0.39, 0.29) is 17.5 Å². The van der Waals surface area contributed by atoms with E-state index < -0.39 is 6.04 Å². The van der Waals surface area contributed by atoms with Crippen molar-refractivity contribution in [3.05, 3.63) is 110 Å². The van der Waals surface area contributed by atoms with Crippen LogP contribution in [0.1, 0.15) is 42.1 Å². The second-order valence-electron chi connectivity index (χ2n) is 9.18. The molecule has 3 aromatic carbocycles. The van der Waals surface area contributed by atoms with E-state index in [1.54, 1.807) is 4.90 Å². The van der Waals surface area contributed by atoms with Crippen molar-refractivity contribution < 1.29 is 4.79 Å². The van der Waals surface area contributed by atoms with Gasteiger partial charge >= 0.3 is 0 Å². The Morgan fingerprint density at radius 2 is 1.63 bits per heavy atom. The van der Waals surface area contributed by atoms with Crippen LogP contribution in [0.25, 0.3) is 0 Å². The zero-order valence-electron chi connectivity index (χ0n) is 20.3. The summed E-state index contributed by atoms with van der Waals surface area (Å²) in [5.41, 5.74) is 13.0. The van der Waals surface area contributed by atoms with Gasteiger partial charge in [0, 0.05) is 27.0 Å². The van der Waals surface area contributed by atoms with Gasteiger partial charge < -0.3 is 5.73 Å². The molecule has 0 fully saturated rings. The van der Waals surface area contributed by atoms with E-state index in [0.29, 0.717) is 16.6 Å². The number of amides is 1.